The average Bonchev–Trinajstić information content (AvgIpc) is 2.43. The Balaban J connectivity index is 2.26. The van der Waals surface area contributed by atoms with Crippen LogP contribution in [0.1, 0.15) is 5.56 Å². The summed E-state index contributed by atoms with van der Waals surface area (Å²) in [6, 6.07) is 13.0. The first-order valence-corrected chi connectivity index (χ1v) is 5.57. The van der Waals surface area contributed by atoms with Crippen molar-refractivity contribution in [3.05, 3.63) is 60.3 Å². The van der Waals surface area contributed by atoms with Gasteiger partial charge in [0.05, 0.1) is 19.6 Å². The number of rotatable bonds is 4. The highest BCUT2D eigenvalue weighted by Gasteiger charge is 2.07. The summed E-state index contributed by atoms with van der Waals surface area (Å²) >= 11 is 0. The monoisotopic (exact) mass is 256 g/mol. The molecule has 0 aliphatic carbocycles. The first kappa shape index (κ1) is 12.9. The van der Waals surface area contributed by atoms with Crippen LogP contribution in [0.2, 0.25) is 0 Å². The summed E-state index contributed by atoms with van der Waals surface area (Å²) in [4.78, 5) is 0. The van der Waals surface area contributed by atoms with E-state index < -0.39 is 5.82 Å². The van der Waals surface area contributed by atoms with E-state index in [4.69, 9.17) is 14.7 Å². The third-order valence-corrected chi connectivity index (χ3v) is 2.46. The summed E-state index contributed by atoms with van der Waals surface area (Å²) in [6.45, 7) is 0. The van der Waals surface area contributed by atoms with Gasteiger partial charge in [-0.25, -0.2) is 4.39 Å². The quantitative estimate of drug-likeness (QED) is 0.837. The number of hydrogen-bond acceptors (Lipinski definition) is 3. The predicted octanol–water partition coefficient (Wildman–Crippen LogP) is 3.70. The minimum Gasteiger partial charge on any atom is -0.497 e. The predicted molar refractivity (Wildman–Crippen MR) is 68.5 cm³/mol. The summed E-state index contributed by atoms with van der Waals surface area (Å²) < 4.78 is 24.1. The summed E-state index contributed by atoms with van der Waals surface area (Å²) in [5, 5.41) is 8.58. The lowest BCUT2D eigenvalue weighted by Gasteiger charge is -2.09. The molecule has 2 aromatic carbocycles. The molecule has 0 aliphatic heterocycles. The van der Waals surface area contributed by atoms with E-state index in [0.29, 0.717) is 17.1 Å². The van der Waals surface area contributed by atoms with Crippen molar-refractivity contribution in [3.63, 3.8) is 0 Å². The van der Waals surface area contributed by atoms with Gasteiger partial charge in [-0.2, -0.15) is 5.26 Å². The maximum absolute atomic E-state index is 13.6. The molecule has 19 heavy (non-hydrogen) atoms. The van der Waals surface area contributed by atoms with Gasteiger partial charge in [0.1, 0.15) is 11.5 Å². The molecule has 0 spiro atoms. The Kier molecular flexibility index (Phi) is 3.99. The van der Waals surface area contributed by atoms with Crippen LogP contribution in [0.15, 0.2) is 42.5 Å². The lowest BCUT2D eigenvalue weighted by Crippen LogP contribution is -1.91. The van der Waals surface area contributed by atoms with E-state index in [9.17, 15) is 4.39 Å². The number of benzene rings is 2. The van der Waals surface area contributed by atoms with Crippen molar-refractivity contribution < 1.29 is 13.9 Å². The van der Waals surface area contributed by atoms with Crippen LogP contribution in [0.3, 0.4) is 0 Å². The fourth-order valence-corrected chi connectivity index (χ4v) is 1.55. The second-order valence-corrected chi connectivity index (χ2v) is 3.74. The number of methoxy groups -OCH3 is 1. The second-order valence-electron chi connectivity index (χ2n) is 3.74. The van der Waals surface area contributed by atoms with Crippen LogP contribution in [0, 0.1) is 23.6 Å². The number of nitriles is 1. The standard InChI is InChI=1S/C15H11FNO2/c1-18-12-3-2-4-13(10-12)19-15-9-11(7-8-17)5-6-14(15)16/h2-7,9-10H,1H3. The average molecular weight is 256 g/mol. The lowest BCUT2D eigenvalue weighted by molar-refractivity contribution is 0.405. The highest BCUT2D eigenvalue weighted by atomic mass is 19.1. The molecule has 3 nitrogen and oxygen atoms in total. The summed E-state index contributed by atoms with van der Waals surface area (Å²) in [5.74, 6) is 0.667. The smallest absolute Gasteiger partial charge is 0.165 e. The van der Waals surface area contributed by atoms with Gasteiger partial charge in [0.15, 0.2) is 11.6 Å². The largest absolute Gasteiger partial charge is 0.497 e. The van der Waals surface area contributed by atoms with Crippen molar-refractivity contribution in [2.45, 2.75) is 0 Å². The molecule has 0 N–H and O–H groups in total. The molecule has 0 saturated heterocycles. The zero-order valence-electron chi connectivity index (χ0n) is 10.3. The van der Waals surface area contributed by atoms with Crippen LogP contribution in [0.4, 0.5) is 4.39 Å². The van der Waals surface area contributed by atoms with E-state index in [-0.39, 0.29) is 5.75 Å². The minimum atomic E-state index is -0.488. The third-order valence-electron chi connectivity index (χ3n) is 2.46. The molecule has 0 atom stereocenters. The van der Waals surface area contributed by atoms with Crippen molar-refractivity contribution in [2.24, 2.45) is 0 Å². The molecular formula is C15H11FNO2. The van der Waals surface area contributed by atoms with Crippen LogP contribution >= 0.6 is 0 Å². The van der Waals surface area contributed by atoms with E-state index in [2.05, 4.69) is 0 Å². The molecule has 95 valence electrons. The van der Waals surface area contributed by atoms with Gasteiger partial charge in [-0.3, -0.25) is 0 Å². The molecule has 0 bridgehead atoms. The van der Waals surface area contributed by atoms with Gasteiger partial charge in [0, 0.05) is 6.07 Å². The normalized spacial score (nSPS) is 9.74. The van der Waals surface area contributed by atoms with Crippen LogP contribution in [0.25, 0.3) is 0 Å². The van der Waals surface area contributed by atoms with Crippen LogP contribution < -0.4 is 9.47 Å². The van der Waals surface area contributed by atoms with Crippen LogP contribution in [-0.2, 0) is 0 Å². The third kappa shape index (κ3) is 3.23. The number of nitrogens with zero attached hydrogens (tertiary/aromatic N) is 1. The fraction of sp³-hybridized carbons (Fsp3) is 0.0667. The molecule has 0 amide bonds. The van der Waals surface area contributed by atoms with E-state index >= 15 is 0 Å². The van der Waals surface area contributed by atoms with E-state index in [1.54, 1.807) is 31.4 Å². The van der Waals surface area contributed by atoms with Gasteiger partial charge in [0.2, 0.25) is 0 Å². The first-order valence-electron chi connectivity index (χ1n) is 5.57. The minimum absolute atomic E-state index is 0.0669. The Morgan fingerprint density at radius 3 is 2.68 bits per heavy atom. The van der Waals surface area contributed by atoms with Crippen molar-refractivity contribution in [2.75, 3.05) is 7.11 Å². The highest BCUT2D eigenvalue weighted by Crippen LogP contribution is 2.28. The maximum Gasteiger partial charge on any atom is 0.165 e. The van der Waals surface area contributed by atoms with E-state index in [1.807, 2.05) is 6.07 Å². The zero-order valence-corrected chi connectivity index (χ0v) is 10.3. The van der Waals surface area contributed by atoms with Crippen LogP contribution in [0.5, 0.6) is 17.2 Å². The van der Waals surface area contributed by atoms with Crippen molar-refractivity contribution in [1.82, 2.24) is 0 Å². The van der Waals surface area contributed by atoms with Gasteiger partial charge < -0.3 is 9.47 Å². The fourth-order valence-electron chi connectivity index (χ4n) is 1.55. The molecule has 2 rings (SSSR count). The molecule has 0 unspecified atom stereocenters. The van der Waals surface area contributed by atoms with Crippen molar-refractivity contribution in [3.8, 4) is 23.3 Å². The Hall–Kier alpha value is -2.54. The molecule has 4 heteroatoms. The molecule has 2 aromatic rings. The van der Waals surface area contributed by atoms with Crippen molar-refractivity contribution >= 4 is 0 Å². The Labute approximate surface area is 110 Å². The topological polar surface area (TPSA) is 42.2 Å². The Bertz CT molecular complexity index is 620. The molecule has 0 aromatic heterocycles. The Morgan fingerprint density at radius 2 is 1.95 bits per heavy atom. The zero-order chi connectivity index (χ0) is 13.7. The summed E-state index contributed by atoms with van der Waals surface area (Å²) in [7, 11) is 1.54. The number of hydrogen-bond donors (Lipinski definition) is 0. The summed E-state index contributed by atoms with van der Waals surface area (Å²) in [5.41, 5.74) is 0.585. The SMILES string of the molecule is COc1cccc(Oc2cc([CH]C#N)ccc2F)c1. The second kappa shape index (κ2) is 5.87. The number of halogens is 1. The molecule has 0 fully saturated rings. The molecule has 0 heterocycles. The van der Waals surface area contributed by atoms with Gasteiger partial charge in [-0.1, -0.05) is 12.1 Å². The maximum atomic E-state index is 13.6. The van der Waals surface area contributed by atoms with Crippen molar-refractivity contribution in [1.29, 1.82) is 5.26 Å². The Morgan fingerprint density at radius 1 is 1.16 bits per heavy atom. The molecule has 1 radical (unpaired) electrons. The van der Waals surface area contributed by atoms with Gasteiger partial charge >= 0.3 is 0 Å². The first-order chi connectivity index (χ1) is 9.22. The van der Waals surface area contributed by atoms with Gasteiger partial charge in [-0.15, -0.1) is 0 Å². The van der Waals surface area contributed by atoms with E-state index in [1.165, 1.54) is 24.6 Å². The van der Waals surface area contributed by atoms with Crippen LogP contribution in [-0.4, -0.2) is 7.11 Å². The molecular weight excluding hydrogens is 245 g/mol. The number of ether oxygens (including phenoxy) is 2. The van der Waals surface area contributed by atoms with E-state index in [0.717, 1.165) is 0 Å². The van der Waals surface area contributed by atoms with Gasteiger partial charge in [0.25, 0.3) is 0 Å². The summed E-state index contributed by atoms with van der Waals surface area (Å²) in [6.07, 6.45) is 1.32. The lowest BCUT2D eigenvalue weighted by atomic mass is 10.1. The molecule has 0 aliphatic rings. The van der Waals surface area contributed by atoms with Gasteiger partial charge in [-0.05, 0) is 29.8 Å². The molecule has 0 saturated carbocycles. The highest BCUT2D eigenvalue weighted by molar-refractivity contribution is 5.41.